The molecule has 0 aliphatic heterocycles. The lowest BCUT2D eigenvalue weighted by atomic mass is 10.0. The number of hydrogen-bond acceptors (Lipinski definition) is 2. The summed E-state index contributed by atoms with van der Waals surface area (Å²) in [6, 6.07) is 3.20. The summed E-state index contributed by atoms with van der Waals surface area (Å²) in [5, 5.41) is 9.71. The van der Waals surface area contributed by atoms with Crippen LogP contribution in [0.2, 0.25) is 0 Å². The Hall–Kier alpha value is -1.35. The molecule has 0 unspecified atom stereocenters. The Morgan fingerprint density at radius 3 is 2.65 bits per heavy atom. The lowest BCUT2D eigenvalue weighted by Crippen LogP contribution is -2.24. The fourth-order valence-electron chi connectivity index (χ4n) is 1.84. The van der Waals surface area contributed by atoms with E-state index in [4.69, 9.17) is 0 Å². The van der Waals surface area contributed by atoms with Crippen LogP contribution in [0.15, 0.2) is 24.8 Å². The van der Waals surface area contributed by atoms with E-state index in [1.165, 1.54) is 6.07 Å². The predicted octanol–water partition coefficient (Wildman–Crippen LogP) is 3.20. The standard InChI is InChI=1S/C14H20FNO/c1-5-7-16(6-2)14-8-10(3)13(15)9-12(14)11(4)17/h5,8-9,11,17H,1,6-7H2,2-4H3/t11-/m0/s1. The molecule has 0 saturated carbocycles. The van der Waals surface area contributed by atoms with Crippen molar-refractivity contribution < 1.29 is 9.50 Å². The summed E-state index contributed by atoms with van der Waals surface area (Å²) in [4.78, 5) is 2.06. The van der Waals surface area contributed by atoms with Crippen molar-refractivity contribution in [1.82, 2.24) is 0 Å². The Morgan fingerprint density at radius 2 is 2.18 bits per heavy atom. The maximum Gasteiger partial charge on any atom is 0.126 e. The van der Waals surface area contributed by atoms with Crippen LogP contribution in [0.25, 0.3) is 0 Å². The Balaban J connectivity index is 3.28. The van der Waals surface area contributed by atoms with Crippen molar-refractivity contribution in [3.05, 3.63) is 41.7 Å². The van der Waals surface area contributed by atoms with E-state index in [1.54, 1.807) is 26.0 Å². The van der Waals surface area contributed by atoms with Gasteiger partial charge in [0, 0.05) is 24.3 Å². The van der Waals surface area contributed by atoms with Crippen LogP contribution < -0.4 is 4.90 Å². The molecule has 0 fully saturated rings. The summed E-state index contributed by atoms with van der Waals surface area (Å²) in [5.41, 5.74) is 2.09. The van der Waals surface area contributed by atoms with Gasteiger partial charge >= 0.3 is 0 Å². The van der Waals surface area contributed by atoms with E-state index < -0.39 is 6.10 Å². The minimum absolute atomic E-state index is 0.278. The largest absolute Gasteiger partial charge is 0.389 e. The number of likely N-dealkylation sites (N-methyl/N-ethyl adjacent to an activating group) is 1. The molecule has 1 aromatic carbocycles. The Bertz CT molecular complexity index is 401. The molecule has 0 saturated heterocycles. The van der Waals surface area contributed by atoms with E-state index >= 15 is 0 Å². The molecular formula is C14H20FNO. The van der Waals surface area contributed by atoms with Crippen molar-refractivity contribution in [2.75, 3.05) is 18.0 Å². The van der Waals surface area contributed by atoms with Gasteiger partial charge in [0.1, 0.15) is 5.82 Å². The van der Waals surface area contributed by atoms with Gasteiger partial charge in [-0.15, -0.1) is 6.58 Å². The maximum atomic E-state index is 13.5. The topological polar surface area (TPSA) is 23.5 Å². The molecule has 1 aromatic rings. The molecule has 0 amide bonds. The van der Waals surface area contributed by atoms with E-state index in [1.807, 2.05) is 6.92 Å². The summed E-state index contributed by atoms with van der Waals surface area (Å²) in [5.74, 6) is -0.278. The van der Waals surface area contributed by atoms with Gasteiger partial charge in [-0.1, -0.05) is 6.08 Å². The number of aliphatic hydroxyl groups excluding tert-OH is 1. The van der Waals surface area contributed by atoms with Crippen LogP contribution in [-0.2, 0) is 0 Å². The summed E-state index contributed by atoms with van der Waals surface area (Å²) in [7, 11) is 0. The molecule has 0 heterocycles. The molecule has 1 atom stereocenters. The number of anilines is 1. The van der Waals surface area contributed by atoms with Gasteiger partial charge < -0.3 is 10.0 Å². The molecule has 0 aromatic heterocycles. The average molecular weight is 237 g/mol. The van der Waals surface area contributed by atoms with Gasteiger partial charge in [0.25, 0.3) is 0 Å². The van der Waals surface area contributed by atoms with Crippen LogP contribution in [0.3, 0.4) is 0 Å². The van der Waals surface area contributed by atoms with Gasteiger partial charge in [0.05, 0.1) is 6.10 Å². The third kappa shape index (κ3) is 3.07. The molecule has 0 bridgehead atoms. The molecule has 2 nitrogen and oxygen atoms in total. The van der Waals surface area contributed by atoms with Crippen LogP contribution >= 0.6 is 0 Å². The zero-order valence-corrected chi connectivity index (χ0v) is 10.7. The van der Waals surface area contributed by atoms with Crippen molar-refractivity contribution in [3.63, 3.8) is 0 Å². The maximum absolute atomic E-state index is 13.5. The van der Waals surface area contributed by atoms with E-state index in [2.05, 4.69) is 11.5 Å². The van der Waals surface area contributed by atoms with E-state index in [9.17, 15) is 9.50 Å². The average Bonchev–Trinajstić information content (AvgIpc) is 2.29. The second kappa shape index (κ2) is 5.82. The Kier molecular flexibility index (Phi) is 4.70. The number of hydrogen-bond donors (Lipinski definition) is 1. The normalized spacial score (nSPS) is 12.3. The van der Waals surface area contributed by atoms with Crippen LogP contribution in [0.4, 0.5) is 10.1 Å². The van der Waals surface area contributed by atoms with Crippen LogP contribution in [0.5, 0.6) is 0 Å². The zero-order chi connectivity index (χ0) is 13.0. The minimum Gasteiger partial charge on any atom is -0.389 e. The number of benzene rings is 1. The lowest BCUT2D eigenvalue weighted by Gasteiger charge is -2.26. The van der Waals surface area contributed by atoms with Crippen LogP contribution in [-0.4, -0.2) is 18.2 Å². The molecular weight excluding hydrogens is 217 g/mol. The monoisotopic (exact) mass is 237 g/mol. The quantitative estimate of drug-likeness (QED) is 0.795. The summed E-state index contributed by atoms with van der Waals surface area (Å²) in [6.07, 6.45) is 1.12. The number of halogens is 1. The SMILES string of the molecule is C=CCN(CC)c1cc(C)c(F)cc1[C@H](C)O. The first-order valence-corrected chi connectivity index (χ1v) is 5.85. The molecule has 1 N–H and O–H groups in total. The highest BCUT2D eigenvalue weighted by Crippen LogP contribution is 2.29. The number of aryl methyl sites for hydroxylation is 1. The smallest absolute Gasteiger partial charge is 0.126 e. The molecule has 17 heavy (non-hydrogen) atoms. The van der Waals surface area contributed by atoms with Crippen molar-refractivity contribution in [1.29, 1.82) is 0 Å². The van der Waals surface area contributed by atoms with Crippen LogP contribution in [0, 0.1) is 12.7 Å². The van der Waals surface area contributed by atoms with Gasteiger partial charge in [-0.25, -0.2) is 4.39 Å². The van der Waals surface area contributed by atoms with Gasteiger partial charge in [-0.2, -0.15) is 0 Å². The number of rotatable bonds is 5. The first-order chi connectivity index (χ1) is 8.01. The third-order valence-corrected chi connectivity index (χ3v) is 2.83. The Labute approximate surface area is 102 Å². The van der Waals surface area contributed by atoms with Gasteiger partial charge in [0.2, 0.25) is 0 Å². The number of nitrogens with zero attached hydrogens (tertiary/aromatic N) is 1. The molecule has 94 valence electrons. The van der Waals surface area contributed by atoms with E-state index in [0.29, 0.717) is 17.7 Å². The second-order valence-corrected chi connectivity index (χ2v) is 4.16. The zero-order valence-electron chi connectivity index (χ0n) is 10.7. The van der Waals surface area contributed by atoms with E-state index in [-0.39, 0.29) is 5.82 Å². The lowest BCUT2D eigenvalue weighted by molar-refractivity contribution is 0.199. The first kappa shape index (κ1) is 13.7. The third-order valence-electron chi connectivity index (χ3n) is 2.83. The van der Waals surface area contributed by atoms with Gasteiger partial charge in [0.15, 0.2) is 0 Å². The Morgan fingerprint density at radius 1 is 1.53 bits per heavy atom. The van der Waals surface area contributed by atoms with E-state index in [0.717, 1.165) is 12.2 Å². The second-order valence-electron chi connectivity index (χ2n) is 4.16. The summed E-state index contributed by atoms with van der Waals surface area (Å²) >= 11 is 0. The predicted molar refractivity (Wildman–Crippen MR) is 69.9 cm³/mol. The fourth-order valence-corrected chi connectivity index (χ4v) is 1.84. The highest BCUT2D eigenvalue weighted by Gasteiger charge is 2.15. The van der Waals surface area contributed by atoms with Gasteiger partial charge in [-0.3, -0.25) is 0 Å². The highest BCUT2D eigenvalue weighted by molar-refractivity contribution is 5.57. The minimum atomic E-state index is -0.682. The highest BCUT2D eigenvalue weighted by atomic mass is 19.1. The van der Waals surface area contributed by atoms with Crippen molar-refractivity contribution in [3.8, 4) is 0 Å². The number of aliphatic hydroxyl groups is 1. The summed E-state index contributed by atoms with van der Waals surface area (Å²) < 4.78 is 13.5. The van der Waals surface area contributed by atoms with Crippen molar-refractivity contribution >= 4 is 5.69 Å². The summed E-state index contributed by atoms with van der Waals surface area (Å²) in [6.45, 7) is 10.6. The molecule has 3 heteroatoms. The first-order valence-electron chi connectivity index (χ1n) is 5.85. The molecule has 1 rings (SSSR count). The van der Waals surface area contributed by atoms with Gasteiger partial charge in [-0.05, 0) is 38.5 Å². The molecule has 0 spiro atoms. The van der Waals surface area contributed by atoms with Crippen molar-refractivity contribution in [2.24, 2.45) is 0 Å². The molecule has 0 aliphatic carbocycles. The van der Waals surface area contributed by atoms with Crippen molar-refractivity contribution in [2.45, 2.75) is 26.9 Å². The molecule has 0 aliphatic rings. The fraction of sp³-hybridized carbons (Fsp3) is 0.429. The molecule has 0 radical (unpaired) electrons. The van der Waals surface area contributed by atoms with Crippen LogP contribution in [0.1, 0.15) is 31.1 Å².